The number of nitrogen functional groups attached to an aromatic ring is 1. The average molecular weight is 347 g/mol. The molecular formula is C17H21N3O3S. The Balaban J connectivity index is 1.67. The van der Waals surface area contributed by atoms with Crippen molar-refractivity contribution in [2.24, 2.45) is 5.92 Å². The number of nitrogens with two attached hydrogens (primary N) is 1. The van der Waals surface area contributed by atoms with Crippen molar-refractivity contribution < 1.29 is 13.5 Å². The van der Waals surface area contributed by atoms with Gasteiger partial charge in [0.25, 0.3) is 0 Å². The van der Waals surface area contributed by atoms with Gasteiger partial charge in [0.1, 0.15) is 0 Å². The van der Waals surface area contributed by atoms with Crippen molar-refractivity contribution >= 4 is 15.7 Å². The predicted molar refractivity (Wildman–Crippen MR) is 91.5 cm³/mol. The van der Waals surface area contributed by atoms with E-state index in [0.717, 1.165) is 5.56 Å². The second kappa shape index (κ2) is 6.88. The molecule has 6 nitrogen and oxygen atoms in total. The van der Waals surface area contributed by atoms with E-state index in [1.807, 2.05) is 6.07 Å². The lowest BCUT2D eigenvalue weighted by Crippen LogP contribution is -2.39. The largest absolute Gasteiger partial charge is 0.399 e. The third-order valence-electron chi connectivity index (χ3n) is 4.49. The van der Waals surface area contributed by atoms with Crippen LogP contribution in [-0.2, 0) is 10.0 Å². The van der Waals surface area contributed by atoms with Gasteiger partial charge in [-0.3, -0.25) is 4.98 Å². The van der Waals surface area contributed by atoms with Crippen LogP contribution in [0.3, 0.4) is 0 Å². The van der Waals surface area contributed by atoms with Gasteiger partial charge in [0, 0.05) is 31.2 Å². The Kier molecular flexibility index (Phi) is 4.84. The third-order valence-corrected chi connectivity index (χ3v) is 6.40. The summed E-state index contributed by atoms with van der Waals surface area (Å²) in [4.78, 5) is 4.28. The van der Waals surface area contributed by atoms with Crippen LogP contribution in [0.15, 0.2) is 53.7 Å². The lowest BCUT2D eigenvalue weighted by Gasteiger charge is -2.33. The summed E-state index contributed by atoms with van der Waals surface area (Å²) in [5.41, 5.74) is 6.92. The van der Waals surface area contributed by atoms with E-state index in [0.29, 0.717) is 31.6 Å². The summed E-state index contributed by atoms with van der Waals surface area (Å²) < 4.78 is 26.8. The van der Waals surface area contributed by atoms with E-state index >= 15 is 0 Å². The van der Waals surface area contributed by atoms with Crippen LogP contribution in [0.4, 0.5) is 5.69 Å². The van der Waals surface area contributed by atoms with Crippen LogP contribution in [0, 0.1) is 5.92 Å². The molecule has 1 atom stereocenters. The lowest BCUT2D eigenvalue weighted by molar-refractivity contribution is 0.0758. The highest BCUT2D eigenvalue weighted by Crippen LogP contribution is 2.32. The van der Waals surface area contributed by atoms with Crippen molar-refractivity contribution in [2.75, 3.05) is 18.8 Å². The number of aromatic nitrogens is 1. The van der Waals surface area contributed by atoms with Gasteiger partial charge >= 0.3 is 0 Å². The fourth-order valence-corrected chi connectivity index (χ4v) is 4.51. The summed E-state index contributed by atoms with van der Waals surface area (Å²) in [5, 5.41) is 10.5. The maximum atomic E-state index is 12.7. The van der Waals surface area contributed by atoms with E-state index in [2.05, 4.69) is 4.98 Å². The zero-order chi connectivity index (χ0) is 17.2. The van der Waals surface area contributed by atoms with Crippen LogP contribution in [0.1, 0.15) is 24.5 Å². The minimum absolute atomic E-state index is 0.0343. The van der Waals surface area contributed by atoms with Crippen molar-refractivity contribution in [2.45, 2.75) is 23.8 Å². The Hall–Kier alpha value is -1.96. The molecule has 1 aliphatic heterocycles. The molecule has 3 N–H and O–H groups in total. The number of aliphatic hydroxyl groups is 1. The molecule has 1 fully saturated rings. The van der Waals surface area contributed by atoms with Crippen molar-refractivity contribution in [3.63, 3.8) is 0 Å². The molecule has 2 aromatic rings. The molecule has 0 saturated carbocycles. The number of piperidine rings is 1. The summed E-state index contributed by atoms with van der Waals surface area (Å²) in [6, 6.07) is 9.87. The Morgan fingerprint density at radius 1 is 1.17 bits per heavy atom. The minimum Gasteiger partial charge on any atom is -0.399 e. The summed E-state index contributed by atoms with van der Waals surface area (Å²) >= 11 is 0. The molecule has 1 aromatic carbocycles. The van der Waals surface area contributed by atoms with Gasteiger partial charge in [-0.1, -0.05) is 6.07 Å². The molecular weight excluding hydrogens is 326 g/mol. The van der Waals surface area contributed by atoms with E-state index in [4.69, 9.17) is 5.73 Å². The first-order valence-corrected chi connectivity index (χ1v) is 9.36. The second-order valence-corrected chi connectivity index (χ2v) is 7.98. The molecule has 0 radical (unpaired) electrons. The summed E-state index contributed by atoms with van der Waals surface area (Å²) in [6.07, 6.45) is 3.94. The number of hydrogen-bond donors (Lipinski definition) is 2. The van der Waals surface area contributed by atoms with Gasteiger partial charge in [-0.15, -0.1) is 0 Å². The summed E-state index contributed by atoms with van der Waals surface area (Å²) in [6.45, 7) is 0.795. The van der Waals surface area contributed by atoms with Gasteiger partial charge in [0.15, 0.2) is 0 Å². The van der Waals surface area contributed by atoms with Crippen molar-refractivity contribution in [1.29, 1.82) is 0 Å². The van der Waals surface area contributed by atoms with Gasteiger partial charge in [0.2, 0.25) is 10.0 Å². The maximum absolute atomic E-state index is 12.7. The fourth-order valence-electron chi connectivity index (χ4n) is 3.04. The molecule has 0 spiro atoms. The zero-order valence-corrected chi connectivity index (χ0v) is 14.1. The molecule has 7 heteroatoms. The second-order valence-electron chi connectivity index (χ2n) is 6.04. The maximum Gasteiger partial charge on any atom is 0.243 e. The normalized spacial score (nSPS) is 18.4. The van der Waals surface area contributed by atoms with E-state index in [1.54, 1.807) is 30.6 Å². The van der Waals surface area contributed by atoms with Gasteiger partial charge in [-0.25, -0.2) is 8.42 Å². The number of anilines is 1. The van der Waals surface area contributed by atoms with Crippen LogP contribution < -0.4 is 5.73 Å². The Bertz CT molecular complexity index is 770. The van der Waals surface area contributed by atoms with Crippen LogP contribution in [0.25, 0.3) is 0 Å². The quantitative estimate of drug-likeness (QED) is 0.822. The number of sulfonamides is 1. The van der Waals surface area contributed by atoms with Gasteiger partial charge in [-0.05, 0) is 54.7 Å². The smallest absolute Gasteiger partial charge is 0.243 e. The Morgan fingerprint density at radius 2 is 1.83 bits per heavy atom. The first kappa shape index (κ1) is 16.9. The van der Waals surface area contributed by atoms with Gasteiger partial charge < -0.3 is 10.8 Å². The van der Waals surface area contributed by atoms with E-state index in [9.17, 15) is 13.5 Å². The number of hydrogen-bond acceptors (Lipinski definition) is 5. The van der Waals surface area contributed by atoms with E-state index in [1.165, 1.54) is 16.4 Å². The number of nitrogens with zero attached hydrogens (tertiary/aromatic N) is 2. The standard InChI is InChI=1S/C17H21N3O3S/c18-15-3-5-16(6-4-15)24(22,23)20-10-7-13(8-11-20)17(21)14-2-1-9-19-12-14/h1-6,9,12-13,17,21H,7-8,10-11,18H2. The molecule has 1 saturated heterocycles. The highest BCUT2D eigenvalue weighted by atomic mass is 32.2. The molecule has 3 rings (SSSR count). The molecule has 1 aromatic heterocycles. The molecule has 0 amide bonds. The summed E-state index contributed by atoms with van der Waals surface area (Å²) in [5.74, 6) is 0.0343. The average Bonchev–Trinajstić information content (AvgIpc) is 2.62. The SMILES string of the molecule is Nc1ccc(S(=O)(=O)N2CCC(C(O)c3cccnc3)CC2)cc1. The minimum atomic E-state index is -3.51. The molecule has 0 bridgehead atoms. The van der Waals surface area contributed by atoms with Crippen LogP contribution >= 0.6 is 0 Å². The molecule has 128 valence electrons. The number of pyridine rings is 1. The Labute approximate surface area is 142 Å². The topological polar surface area (TPSA) is 96.5 Å². The van der Waals surface area contributed by atoms with Crippen LogP contribution in [-0.4, -0.2) is 35.9 Å². The van der Waals surface area contributed by atoms with Crippen molar-refractivity contribution in [1.82, 2.24) is 9.29 Å². The van der Waals surface area contributed by atoms with E-state index < -0.39 is 16.1 Å². The fraction of sp³-hybridized carbons (Fsp3) is 0.353. The molecule has 1 aliphatic rings. The first-order valence-electron chi connectivity index (χ1n) is 7.92. The van der Waals surface area contributed by atoms with Crippen LogP contribution in [0.5, 0.6) is 0 Å². The van der Waals surface area contributed by atoms with Crippen molar-refractivity contribution in [3.05, 3.63) is 54.4 Å². The first-order chi connectivity index (χ1) is 11.5. The molecule has 24 heavy (non-hydrogen) atoms. The van der Waals surface area contributed by atoms with Gasteiger partial charge in [0.05, 0.1) is 11.0 Å². The number of benzene rings is 1. The molecule has 2 heterocycles. The number of aliphatic hydroxyl groups excluding tert-OH is 1. The molecule has 0 aliphatic carbocycles. The third kappa shape index (κ3) is 3.43. The predicted octanol–water partition coefficient (Wildman–Crippen LogP) is 1.80. The Morgan fingerprint density at radius 3 is 2.42 bits per heavy atom. The highest BCUT2D eigenvalue weighted by Gasteiger charge is 2.32. The highest BCUT2D eigenvalue weighted by molar-refractivity contribution is 7.89. The monoisotopic (exact) mass is 347 g/mol. The van der Waals surface area contributed by atoms with E-state index in [-0.39, 0.29) is 10.8 Å². The molecule has 1 unspecified atom stereocenters. The lowest BCUT2D eigenvalue weighted by atomic mass is 9.89. The zero-order valence-electron chi connectivity index (χ0n) is 13.2. The van der Waals surface area contributed by atoms with Gasteiger partial charge in [-0.2, -0.15) is 4.31 Å². The van der Waals surface area contributed by atoms with Crippen molar-refractivity contribution in [3.8, 4) is 0 Å². The van der Waals surface area contributed by atoms with Crippen LogP contribution in [0.2, 0.25) is 0 Å². The number of rotatable bonds is 4. The summed E-state index contributed by atoms with van der Waals surface area (Å²) in [7, 11) is -3.51.